The number of benzene rings is 2. The molecule has 0 unspecified atom stereocenters. The summed E-state index contributed by atoms with van der Waals surface area (Å²) in [5, 5.41) is 3.90. The third-order valence-electron chi connectivity index (χ3n) is 4.98. The predicted molar refractivity (Wildman–Crippen MR) is 142 cm³/mol. The SMILES string of the molecule is COc1cc(/C=C2\SC(=O)N(CC(=O)Nc3ccc(C)cc3)C2=O)cc(Br)c1OC(=O)c1cccs1. The topological polar surface area (TPSA) is 102 Å². The van der Waals surface area contributed by atoms with Crippen LogP contribution in [0.2, 0.25) is 0 Å². The third-order valence-corrected chi connectivity index (χ3v) is 7.32. The third kappa shape index (κ3) is 5.86. The van der Waals surface area contributed by atoms with Gasteiger partial charge >= 0.3 is 5.97 Å². The molecule has 1 fully saturated rings. The first-order valence-corrected chi connectivity index (χ1v) is 13.0. The van der Waals surface area contributed by atoms with Crippen LogP contribution in [-0.4, -0.2) is 41.6 Å². The van der Waals surface area contributed by atoms with Gasteiger partial charge in [-0.15, -0.1) is 11.3 Å². The number of anilines is 1. The molecule has 11 heteroatoms. The largest absolute Gasteiger partial charge is 0.493 e. The van der Waals surface area contributed by atoms with E-state index in [0.717, 1.165) is 22.2 Å². The molecule has 2 aromatic carbocycles. The molecule has 0 saturated carbocycles. The highest BCUT2D eigenvalue weighted by Gasteiger charge is 2.36. The van der Waals surface area contributed by atoms with E-state index >= 15 is 0 Å². The Kier molecular flexibility index (Phi) is 7.92. The van der Waals surface area contributed by atoms with E-state index in [1.54, 1.807) is 41.8 Å². The Balaban J connectivity index is 1.49. The quantitative estimate of drug-likeness (QED) is 0.214. The van der Waals surface area contributed by atoms with E-state index in [-0.39, 0.29) is 16.4 Å². The van der Waals surface area contributed by atoms with Crippen LogP contribution in [0.15, 0.2) is 63.3 Å². The molecule has 1 saturated heterocycles. The van der Waals surface area contributed by atoms with Gasteiger partial charge in [-0.25, -0.2) is 4.79 Å². The first kappa shape index (κ1) is 25.7. The molecule has 0 bridgehead atoms. The molecule has 3 aromatic rings. The number of carbonyl (C=O) groups is 4. The van der Waals surface area contributed by atoms with Crippen LogP contribution < -0.4 is 14.8 Å². The Bertz CT molecular complexity index is 1370. The van der Waals surface area contributed by atoms with Gasteiger partial charge in [0.15, 0.2) is 11.5 Å². The summed E-state index contributed by atoms with van der Waals surface area (Å²) in [6.45, 7) is 1.53. The van der Waals surface area contributed by atoms with Crippen LogP contribution >= 0.6 is 39.0 Å². The summed E-state index contributed by atoms with van der Waals surface area (Å²) in [7, 11) is 1.43. The number of hydrogen-bond donors (Lipinski definition) is 1. The van der Waals surface area contributed by atoms with E-state index in [4.69, 9.17) is 9.47 Å². The van der Waals surface area contributed by atoms with Crippen molar-refractivity contribution in [2.24, 2.45) is 0 Å². The number of ether oxygens (including phenoxy) is 2. The number of imide groups is 1. The standard InChI is InChI=1S/C25H19BrN2O6S2/c1-14-5-7-16(8-6-14)27-21(29)13-28-23(30)20(36-25(28)32)12-15-10-17(26)22(18(11-15)33-2)34-24(31)19-4-3-9-35-19/h3-12H,13H2,1-2H3,(H,27,29)/b20-12-. The molecule has 184 valence electrons. The van der Waals surface area contributed by atoms with Gasteiger partial charge in [-0.3, -0.25) is 19.3 Å². The summed E-state index contributed by atoms with van der Waals surface area (Å²) < 4.78 is 11.3. The highest BCUT2D eigenvalue weighted by atomic mass is 79.9. The second kappa shape index (κ2) is 11.1. The van der Waals surface area contributed by atoms with Crippen LogP contribution in [-0.2, 0) is 9.59 Å². The average Bonchev–Trinajstić information content (AvgIpc) is 3.47. The van der Waals surface area contributed by atoms with E-state index < -0.39 is 29.6 Å². The highest BCUT2D eigenvalue weighted by Crippen LogP contribution is 2.39. The number of carbonyl (C=O) groups excluding carboxylic acids is 4. The average molecular weight is 587 g/mol. The molecule has 0 atom stereocenters. The van der Waals surface area contributed by atoms with E-state index in [1.807, 2.05) is 19.1 Å². The smallest absolute Gasteiger partial charge is 0.353 e. The van der Waals surface area contributed by atoms with Gasteiger partial charge in [0.2, 0.25) is 5.91 Å². The molecule has 1 aliphatic rings. The van der Waals surface area contributed by atoms with Crippen molar-refractivity contribution in [1.82, 2.24) is 4.90 Å². The van der Waals surface area contributed by atoms with Gasteiger partial charge in [0, 0.05) is 5.69 Å². The maximum absolute atomic E-state index is 12.9. The molecular weight excluding hydrogens is 568 g/mol. The molecule has 0 spiro atoms. The van der Waals surface area contributed by atoms with E-state index in [2.05, 4.69) is 21.2 Å². The van der Waals surface area contributed by atoms with E-state index in [1.165, 1.54) is 24.5 Å². The number of nitrogens with one attached hydrogen (secondary N) is 1. The number of aryl methyl sites for hydroxylation is 1. The number of amides is 3. The molecule has 36 heavy (non-hydrogen) atoms. The summed E-state index contributed by atoms with van der Waals surface area (Å²) in [6.07, 6.45) is 1.51. The predicted octanol–water partition coefficient (Wildman–Crippen LogP) is 5.72. The molecule has 4 rings (SSSR count). The number of hydrogen-bond acceptors (Lipinski definition) is 8. The van der Waals surface area contributed by atoms with Crippen molar-refractivity contribution in [2.45, 2.75) is 6.92 Å². The van der Waals surface area contributed by atoms with Gasteiger partial charge < -0.3 is 14.8 Å². The molecule has 8 nitrogen and oxygen atoms in total. The second-order valence-corrected chi connectivity index (χ2v) is 10.4. The van der Waals surface area contributed by atoms with Crippen LogP contribution in [0.4, 0.5) is 10.5 Å². The van der Waals surface area contributed by atoms with Gasteiger partial charge in [0.05, 0.1) is 16.5 Å². The van der Waals surface area contributed by atoms with Gasteiger partial charge in [-0.2, -0.15) is 0 Å². The lowest BCUT2D eigenvalue weighted by Crippen LogP contribution is -2.36. The fourth-order valence-corrected chi connectivity index (χ4v) is 5.21. The zero-order chi connectivity index (χ0) is 25.8. The second-order valence-electron chi connectivity index (χ2n) is 7.58. The van der Waals surface area contributed by atoms with Gasteiger partial charge in [0.25, 0.3) is 11.1 Å². The number of esters is 1. The Morgan fingerprint density at radius 2 is 1.89 bits per heavy atom. The van der Waals surface area contributed by atoms with Crippen molar-refractivity contribution in [3.63, 3.8) is 0 Å². The molecular formula is C25H19BrN2O6S2. The van der Waals surface area contributed by atoms with Gasteiger partial charge in [0.1, 0.15) is 11.4 Å². The summed E-state index contributed by atoms with van der Waals surface area (Å²) in [5.41, 5.74) is 2.15. The van der Waals surface area contributed by atoms with E-state index in [0.29, 0.717) is 20.6 Å². The molecule has 0 aliphatic carbocycles. The number of thioether (sulfide) groups is 1. The van der Waals surface area contributed by atoms with Crippen LogP contribution in [0.3, 0.4) is 0 Å². The maximum Gasteiger partial charge on any atom is 0.353 e. The number of methoxy groups -OCH3 is 1. The molecule has 0 radical (unpaired) electrons. The molecule has 2 heterocycles. The summed E-state index contributed by atoms with van der Waals surface area (Å²) in [5.74, 6) is -1.14. The first-order chi connectivity index (χ1) is 17.2. The zero-order valence-electron chi connectivity index (χ0n) is 19.1. The lowest BCUT2D eigenvalue weighted by atomic mass is 10.2. The minimum absolute atomic E-state index is 0.153. The lowest BCUT2D eigenvalue weighted by Gasteiger charge is -2.13. The number of rotatable bonds is 7. The minimum Gasteiger partial charge on any atom is -0.493 e. The van der Waals surface area contributed by atoms with Crippen LogP contribution in [0, 0.1) is 6.92 Å². The van der Waals surface area contributed by atoms with Crippen molar-refractivity contribution in [1.29, 1.82) is 0 Å². The van der Waals surface area contributed by atoms with Crippen molar-refractivity contribution < 1.29 is 28.7 Å². The lowest BCUT2D eigenvalue weighted by molar-refractivity contribution is -0.127. The Hall–Kier alpha value is -3.41. The summed E-state index contributed by atoms with van der Waals surface area (Å²) in [6, 6.07) is 13.8. The highest BCUT2D eigenvalue weighted by molar-refractivity contribution is 9.10. The molecule has 1 aliphatic heterocycles. The first-order valence-electron chi connectivity index (χ1n) is 10.5. The minimum atomic E-state index is -0.577. The maximum atomic E-state index is 12.9. The van der Waals surface area contributed by atoms with Crippen LogP contribution in [0.5, 0.6) is 11.5 Å². The van der Waals surface area contributed by atoms with Gasteiger partial charge in [-0.05, 0) is 82.0 Å². The van der Waals surface area contributed by atoms with Crippen molar-refractivity contribution in [3.05, 3.63) is 79.3 Å². The van der Waals surface area contributed by atoms with Crippen molar-refractivity contribution in [3.8, 4) is 11.5 Å². The normalized spacial score (nSPS) is 14.3. The number of nitrogens with zero attached hydrogens (tertiary/aromatic N) is 1. The fourth-order valence-electron chi connectivity index (χ4n) is 3.23. The Morgan fingerprint density at radius 3 is 2.56 bits per heavy atom. The van der Waals surface area contributed by atoms with Gasteiger partial charge in [-0.1, -0.05) is 23.8 Å². The van der Waals surface area contributed by atoms with Crippen LogP contribution in [0.1, 0.15) is 20.8 Å². The van der Waals surface area contributed by atoms with E-state index in [9.17, 15) is 19.2 Å². The van der Waals surface area contributed by atoms with Crippen LogP contribution in [0.25, 0.3) is 6.08 Å². The number of thiophene rings is 1. The monoisotopic (exact) mass is 586 g/mol. The van der Waals surface area contributed by atoms with Crippen molar-refractivity contribution in [2.75, 3.05) is 19.0 Å². The molecule has 1 N–H and O–H groups in total. The summed E-state index contributed by atoms with van der Waals surface area (Å²) >= 11 is 5.37. The molecule has 3 amide bonds. The molecule has 1 aromatic heterocycles. The fraction of sp³-hybridized carbons (Fsp3) is 0.120. The Labute approximate surface area is 223 Å². The Morgan fingerprint density at radius 1 is 1.14 bits per heavy atom. The van der Waals surface area contributed by atoms with Crippen molar-refractivity contribution >= 4 is 73.8 Å². The summed E-state index contributed by atoms with van der Waals surface area (Å²) in [4.78, 5) is 51.6. The number of halogens is 1. The zero-order valence-corrected chi connectivity index (χ0v) is 22.3.